The summed E-state index contributed by atoms with van der Waals surface area (Å²) in [7, 11) is 0. The van der Waals surface area contributed by atoms with E-state index in [-0.39, 0.29) is 12.6 Å². The van der Waals surface area contributed by atoms with Gasteiger partial charge in [0.25, 0.3) is 0 Å². The number of nitrogen functional groups attached to an aromatic ring is 1. The van der Waals surface area contributed by atoms with Crippen molar-refractivity contribution in [2.24, 2.45) is 0 Å². The largest absolute Gasteiger partial charge is 0.489 e. The highest BCUT2D eigenvalue weighted by molar-refractivity contribution is 5.69. The first-order valence-electron chi connectivity index (χ1n) is 22.1. The smallest absolute Gasteiger partial charge is 0.305 e. The van der Waals surface area contributed by atoms with Gasteiger partial charge in [-0.05, 0) is 18.6 Å². The molecule has 0 atom stereocenters. The number of carbonyl (C=O) groups excluding carboxylic acids is 1. The van der Waals surface area contributed by atoms with Gasteiger partial charge in [0.1, 0.15) is 19.0 Å². The lowest BCUT2D eigenvalue weighted by Crippen LogP contribution is -2.15. The molecule has 0 aliphatic heterocycles. The van der Waals surface area contributed by atoms with Crippen molar-refractivity contribution in [1.82, 2.24) is 0 Å². The Kier molecular flexibility index (Phi) is 41.8. The van der Waals surface area contributed by atoms with E-state index in [1.807, 2.05) is 18.2 Å². The SMILES string of the molecule is CCCCCCCCCCCCCCCCCC(=O)OCCOCCOCCOCCOCCOCCOCCOCCOCCOCCOc1ccccc1N. The van der Waals surface area contributed by atoms with Crippen LogP contribution in [0.3, 0.4) is 0 Å². The number of benzene rings is 1. The van der Waals surface area contributed by atoms with Gasteiger partial charge in [0.15, 0.2) is 0 Å². The molecule has 0 saturated heterocycles. The Morgan fingerprint density at radius 2 is 0.702 bits per heavy atom. The summed E-state index contributed by atoms with van der Waals surface area (Å²) in [6, 6.07) is 7.38. The summed E-state index contributed by atoms with van der Waals surface area (Å²) in [6.07, 6.45) is 20.2. The highest BCUT2D eigenvalue weighted by atomic mass is 16.6. The molecule has 1 rings (SSSR count). The van der Waals surface area contributed by atoms with Gasteiger partial charge in [0.2, 0.25) is 0 Å². The molecule has 13 heteroatoms. The number of unbranched alkanes of at least 4 members (excludes halogenated alkanes) is 14. The Balaban J connectivity index is 1.64. The summed E-state index contributed by atoms with van der Waals surface area (Å²) in [6.45, 7) is 11.7. The van der Waals surface area contributed by atoms with E-state index in [1.165, 1.54) is 83.5 Å². The van der Waals surface area contributed by atoms with Gasteiger partial charge in [-0.1, -0.05) is 109 Å². The minimum atomic E-state index is -0.131. The zero-order chi connectivity index (χ0) is 40.8. The Hall–Kier alpha value is -2.07. The third kappa shape index (κ3) is 40.5. The first-order chi connectivity index (χ1) is 28.2. The van der Waals surface area contributed by atoms with Gasteiger partial charge in [-0.25, -0.2) is 0 Å². The maximum Gasteiger partial charge on any atom is 0.305 e. The molecule has 0 amide bonds. The van der Waals surface area contributed by atoms with Crippen molar-refractivity contribution in [3.63, 3.8) is 0 Å². The Morgan fingerprint density at radius 1 is 0.404 bits per heavy atom. The van der Waals surface area contributed by atoms with E-state index in [2.05, 4.69) is 6.92 Å². The van der Waals surface area contributed by atoms with Crippen molar-refractivity contribution in [3.8, 4) is 5.75 Å². The average Bonchev–Trinajstić information content (AvgIpc) is 3.22. The first kappa shape index (κ1) is 52.9. The van der Waals surface area contributed by atoms with E-state index in [1.54, 1.807) is 6.07 Å². The van der Waals surface area contributed by atoms with Crippen molar-refractivity contribution in [2.75, 3.05) is 138 Å². The molecule has 0 radical (unpaired) electrons. The summed E-state index contributed by atoms with van der Waals surface area (Å²) in [4.78, 5) is 11.9. The lowest BCUT2D eigenvalue weighted by atomic mass is 10.0. The molecule has 0 aliphatic carbocycles. The molecule has 334 valence electrons. The number of para-hydroxylation sites is 2. The third-order valence-electron chi connectivity index (χ3n) is 8.86. The van der Waals surface area contributed by atoms with Crippen molar-refractivity contribution >= 4 is 11.7 Å². The highest BCUT2D eigenvalue weighted by Crippen LogP contribution is 2.19. The van der Waals surface area contributed by atoms with Crippen LogP contribution in [0.1, 0.15) is 110 Å². The molecular weight excluding hydrogens is 734 g/mol. The summed E-state index contributed by atoms with van der Waals surface area (Å²) in [5.41, 5.74) is 6.45. The van der Waals surface area contributed by atoms with E-state index in [9.17, 15) is 4.79 Å². The minimum absolute atomic E-state index is 0.131. The number of nitrogens with two attached hydrogens (primary N) is 1. The average molecular weight is 816 g/mol. The Bertz CT molecular complexity index is 960. The lowest BCUT2D eigenvalue weighted by Gasteiger charge is -2.10. The molecular formula is C44H81NO12. The predicted octanol–water partition coefficient (Wildman–Crippen LogP) is 7.60. The second kappa shape index (κ2) is 45.0. The molecule has 1 aromatic rings. The van der Waals surface area contributed by atoms with Gasteiger partial charge in [-0.3, -0.25) is 4.79 Å². The molecule has 57 heavy (non-hydrogen) atoms. The summed E-state index contributed by atoms with van der Waals surface area (Å²) >= 11 is 0. The number of esters is 1. The second-order valence-electron chi connectivity index (χ2n) is 13.8. The number of hydrogen-bond acceptors (Lipinski definition) is 13. The normalized spacial score (nSPS) is 11.4. The van der Waals surface area contributed by atoms with Crippen LogP contribution in [0.2, 0.25) is 0 Å². The van der Waals surface area contributed by atoms with Crippen LogP contribution >= 0.6 is 0 Å². The zero-order valence-electron chi connectivity index (χ0n) is 35.7. The fourth-order valence-electron chi connectivity index (χ4n) is 5.61. The van der Waals surface area contributed by atoms with Gasteiger partial charge in [0, 0.05) is 6.42 Å². The van der Waals surface area contributed by atoms with Crippen molar-refractivity contribution in [1.29, 1.82) is 0 Å². The quantitative estimate of drug-likeness (QED) is 0.0392. The molecule has 0 aliphatic rings. The molecule has 0 fully saturated rings. The third-order valence-corrected chi connectivity index (χ3v) is 8.86. The van der Waals surface area contributed by atoms with Crippen molar-refractivity contribution < 1.29 is 56.9 Å². The number of ether oxygens (including phenoxy) is 11. The summed E-state index contributed by atoms with van der Waals surface area (Å²) < 4.78 is 60.3. The van der Waals surface area contributed by atoms with Gasteiger partial charge in [-0.2, -0.15) is 0 Å². The van der Waals surface area contributed by atoms with Crippen LogP contribution < -0.4 is 10.5 Å². The van der Waals surface area contributed by atoms with E-state index < -0.39 is 0 Å². The Morgan fingerprint density at radius 3 is 1.05 bits per heavy atom. The predicted molar refractivity (Wildman–Crippen MR) is 224 cm³/mol. The lowest BCUT2D eigenvalue weighted by molar-refractivity contribution is -0.145. The van der Waals surface area contributed by atoms with Gasteiger partial charge >= 0.3 is 5.97 Å². The fraction of sp³-hybridized carbons (Fsp3) is 0.841. The van der Waals surface area contributed by atoms with E-state index in [0.29, 0.717) is 143 Å². The Labute approximate surface area is 345 Å². The fourth-order valence-corrected chi connectivity index (χ4v) is 5.61. The molecule has 1 aromatic carbocycles. The van der Waals surface area contributed by atoms with Crippen LogP contribution in [-0.2, 0) is 52.2 Å². The number of hydrogen-bond donors (Lipinski definition) is 1. The van der Waals surface area contributed by atoms with E-state index in [4.69, 9.17) is 57.8 Å². The van der Waals surface area contributed by atoms with Crippen LogP contribution in [0.15, 0.2) is 24.3 Å². The highest BCUT2D eigenvalue weighted by Gasteiger charge is 2.03. The van der Waals surface area contributed by atoms with Crippen molar-refractivity contribution in [2.45, 2.75) is 110 Å². The minimum Gasteiger partial charge on any atom is -0.489 e. The number of rotatable bonds is 47. The van der Waals surface area contributed by atoms with Gasteiger partial charge in [-0.15, -0.1) is 0 Å². The van der Waals surface area contributed by atoms with Crippen LogP contribution in [0.25, 0.3) is 0 Å². The molecule has 13 nitrogen and oxygen atoms in total. The van der Waals surface area contributed by atoms with Crippen LogP contribution in [0.4, 0.5) is 5.69 Å². The van der Waals surface area contributed by atoms with Gasteiger partial charge < -0.3 is 57.8 Å². The van der Waals surface area contributed by atoms with Crippen LogP contribution in [0.5, 0.6) is 5.75 Å². The maximum absolute atomic E-state index is 11.9. The molecule has 0 saturated carbocycles. The molecule has 0 heterocycles. The molecule has 0 unspecified atom stereocenters. The monoisotopic (exact) mass is 816 g/mol. The van der Waals surface area contributed by atoms with E-state index in [0.717, 1.165) is 12.8 Å². The topological polar surface area (TPSA) is 145 Å². The van der Waals surface area contributed by atoms with Crippen molar-refractivity contribution in [3.05, 3.63) is 24.3 Å². The molecule has 2 N–H and O–H groups in total. The summed E-state index contributed by atoms with van der Waals surface area (Å²) in [5.74, 6) is 0.536. The van der Waals surface area contributed by atoms with Gasteiger partial charge in [0.05, 0.1) is 125 Å². The number of anilines is 1. The second-order valence-corrected chi connectivity index (χ2v) is 13.8. The van der Waals surface area contributed by atoms with E-state index >= 15 is 0 Å². The molecule has 0 aromatic heterocycles. The standard InChI is InChI=1S/C44H81NO12/c1-2-3-4-5-6-7-8-9-10-11-12-13-14-15-16-21-44(46)57-41-39-55-37-35-53-33-31-51-29-27-49-25-23-47-22-24-48-26-28-50-30-32-52-34-36-54-38-40-56-43-20-18-17-19-42(43)45/h17-20H,2-16,21-41,45H2,1H3. The summed E-state index contributed by atoms with van der Waals surface area (Å²) in [5, 5.41) is 0. The zero-order valence-corrected chi connectivity index (χ0v) is 35.7. The van der Waals surface area contributed by atoms with Crippen LogP contribution in [-0.4, -0.2) is 138 Å². The number of carbonyl (C=O) groups is 1. The maximum atomic E-state index is 11.9. The molecule has 0 bridgehead atoms. The van der Waals surface area contributed by atoms with Crippen LogP contribution in [0, 0.1) is 0 Å². The first-order valence-corrected chi connectivity index (χ1v) is 22.1. The molecule has 0 spiro atoms.